The van der Waals surface area contributed by atoms with Crippen molar-refractivity contribution in [1.82, 2.24) is 4.90 Å². The fraction of sp³-hybridized carbons (Fsp3) is 0.588. The molecular formula is C17H26N2O3. The van der Waals surface area contributed by atoms with Crippen molar-refractivity contribution in [2.24, 2.45) is 5.41 Å². The van der Waals surface area contributed by atoms with E-state index in [1.807, 2.05) is 18.2 Å². The van der Waals surface area contributed by atoms with E-state index in [1.54, 1.807) is 12.0 Å². The predicted molar refractivity (Wildman–Crippen MR) is 87.4 cm³/mol. The summed E-state index contributed by atoms with van der Waals surface area (Å²) in [5, 5.41) is 9.44. The van der Waals surface area contributed by atoms with Crippen molar-refractivity contribution in [3.8, 4) is 5.75 Å². The van der Waals surface area contributed by atoms with Crippen LogP contribution >= 0.6 is 0 Å². The lowest BCUT2D eigenvalue weighted by Crippen LogP contribution is -2.51. The average molecular weight is 306 g/mol. The summed E-state index contributed by atoms with van der Waals surface area (Å²) < 4.78 is 5.30. The highest BCUT2D eigenvalue weighted by Gasteiger charge is 2.39. The summed E-state index contributed by atoms with van der Waals surface area (Å²) in [4.78, 5) is 13.1. The van der Waals surface area contributed by atoms with Crippen molar-refractivity contribution in [2.75, 3.05) is 19.4 Å². The topological polar surface area (TPSA) is 75.8 Å². The number of carbonyl (C=O) groups is 1. The van der Waals surface area contributed by atoms with Crippen LogP contribution in [-0.4, -0.2) is 35.8 Å². The molecule has 2 atom stereocenters. The summed E-state index contributed by atoms with van der Waals surface area (Å²) in [6.45, 7) is 6.85. The monoisotopic (exact) mass is 306 g/mol. The van der Waals surface area contributed by atoms with Crippen molar-refractivity contribution in [1.29, 1.82) is 0 Å². The second-order valence-electron chi connectivity index (χ2n) is 7.08. The maximum absolute atomic E-state index is 11.5. The molecule has 1 heterocycles. The normalized spacial score (nSPS) is 22.5. The number of hydrogen-bond acceptors (Lipinski definition) is 3. The Bertz CT molecular complexity index is 551. The van der Waals surface area contributed by atoms with Crippen LogP contribution in [0.5, 0.6) is 5.75 Å². The number of methoxy groups -OCH3 is 1. The Hall–Kier alpha value is -1.91. The molecular weight excluding hydrogens is 280 g/mol. The Balaban J connectivity index is 2.26. The van der Waals surface area contributed by atoms with Gasteiger partial charge in [0, 0.05) is 12.6 Å². The van der Waals surface area contributed by atoms with Gasteiger partial charge in [0.05, 0.1) is 12.8 Å². The molecule has 0 aliphatic carbocycles. The zero-order valence-electron chi connectivity index (χ0n) is 13.8. The molecule has 1 amide bonds. The van der Waals surface area contributed by atoms with Gasteiger partial charge in [-0.1, -0.05) is 26.8 Å². The van der Waals surface area contributed by atoms with Gasteiger partial charge in [0.1, 0.15) is 5.75 Å². The van der Waals surface area contributed by atoms with Gasteiger partial charge in [0.25, 0.3) is 0 Å². The molecule has 0 radical (unpaired) electrons. The molecule has 5 nitrogen and oxygen atoms in total. The zero-order chi connectivity index (χ0) is 16.5. The molecule has 2 unspecified atom stereocenters. The van der Waals surface area contributed by atoms with Crippen molar-refractivity contribution in [3.63, 3.8) is 0 Å². The first-order valence-electron chi connectivity index (χ1n) is 7.67. The lowest BCUT2D eigenvalue weighted by Gasteiger charge is -2.44. The largest absolute Gasteiger partial charge is 0.495 e. The van der Waals surface area contributed by atoms with Gasteiger partial charge >= 0.3 is 6.09 Å². The number of anilines is 1. The minimum atomic E-state index is -0.826. The number of nitrogens with two attached hydrogens (primary N) is 1. The Morgan fingerprint density at radius 3 is 2.64 bits per heavy atom. The van der Waals surface area contributed by atoms with Gasteiger partial charge in [-0.3, -0.25) is 0 Å². The Morgan fingerprint density at radius 1 is 1.41 bits per heavy atom. The smallest absolute Gasteiger partial charge is 0.407 e. The van der Waals surface area contributed by atoms with Gasteiger partial charge in [0.15, 0.2) is 0 Å². The Morgan fingerprint density at radius 2 is 2.09 bits per heavy atom. The maximum atomic E-state index is 11.5. The zero-order valence-corrected chi connectivity index (χ0v) is 13.8. The average Bonchev–Trinajstić information content (AvgIpc) is 2.46. The van der Waals surface area contributed by atoms with Crippen LogP contribution in [0, 0.1) is 5.41 Å². The minimum absolute atomic E-state index is 0.00676. The number of hydrogen-bond donors (Lipinski definition) is 2. The Labute approximate surface area is 132 Å². The van der Waals surface area contributed by atoms with Crippen LogP contribution in [0.1, 0.15) is 45.1 Å². The summed E-state index contributed by atoms with van der Waals surface area (Å²) >= 11 is 0. The first kappa shape index (κ1) is 16.5. The molecule has 0 bridgehead atoms. The lowest BCUT2D eigenvalue weighted by atomic mass is 9.75. The molecule has 0 spiro atoms. The molecule has 1 aliphatic rings. The summed E-state index contributed by atoms with van der Waals surface area (Å²) in [5.41, 5.74) is 7.59. The van der Waals surface area contributed by atoms with Crippen LogP contribution in [0.25, 0.3) is 0 Å². The van der Waals surface area contributed by atoms with Gasteiger partial charge in [-0.05, 0) is 41.9 Å². The maximum Gasteiger partial charge on any atom is 0.407 e. The van der Waals surface area contributed by atoms with E-state index >= 15 is 0 Å². The van der Waals surface area contributed by atoms with Gasteiger partial charge in [-0.25, -0.2) is 4.79 Å². The highest BCUT2D eigenvalue weighted by Crippen LogP contribution is 2.40. The number of ether oxygens (including phenoxy) is 1. The Kier molecular flexibility index (Phi) is 4.54. The first-order valence-corrected chi connectivity index (χ1v) is 7.67. The fourth-order valence-electron chi connectivity index (χ4n) is 3.30. The molecule has 1 fully saturated rings. The molecule has 1 aromatic carbocycles. The molecule has 1 aliphatic heterocycles. The summed E-state index contributed by atoms with van der Waals surface area (Å²) in [7, 11) is 1.61. The molecule has 1 saturated heterocycles. The molecule has 22 heavy (non-hydrogen) atoms. The molecule has 0 saturated carbocycles. The molecule has 1 aromatic rings. The van der Waals surface area contributed by atoms with Gasteiger partial charge in [0.2, 0.25) is 0 Å². The van der Waals surface area contributed by atoms with E-state index in [9.17, 15) is 9.90 Å². The lowest BCUT2D eigenvalue weighted by molar-refractivity contribution is 0.0525. The van der Waals surface area contributed by atoms with E-state index < -0.39 is 6.09 Å². The van der Waals surface area contributed by atoms with E-state index in [0.717, 1.165) is 12.8 Å². The van der Waals surface area contributed by atoms with Crippen molar-refractivity contribution in [3.05, 3.63) is 23.8 Å². The van der Waals surface area contributed by atoms with E-state index in [0.29, 0.717) is 23.9 Å². The predicted octanol–water partition coefficient (Wildman–Crippen LogP) is 3.55. The van der Waals surface area contributed by atoms with Gasteiger partial charge in [-0.2, -0.15) is 0 Å². The summed E-state index contributed by atoms with van der Waals surface area (Å²) in [6, 6.07) is 5.88. The van der Waals surface area contributed by atoms with Gasteiger partial charge in [-0.15, -0.1) is 0 Å². The van der Waals surface area contributed by atoms with Gasteiger partial charge < -0.3 is 20.5 Å². The van der Waals surface area contributed by atoms with Crippen LogP contribution in [0.4, 0.5) is 10.5 Å². The molecule has 122 valence electrons. The first-order chi connectivity index (χ1) is 10.2. The van der Waals surface area contributed by atoms with Crippen molar-refractivity contribution in [2.45, 2.75) is 45.6 Å². The molecule has 2 rings (SSSR count). The van der Waals surface area contributed by atoms with E-state index in [-0.39, 0.29) is 11.5 Å². The number of benzene rings is 1. The highest BCUT2D eigenvalue weighted by atomic mass is 16.5. The third-order valence-corrected chi connectivity index (χ3v) is 4.58. The second kappa shape index (κ2) is 6.07. The third kappa shape index (κ3) is 3.29. The number of nitrogen functional groups attached to an aromatic ring is 1. The van der Waals surface area contributed by atoms with E-state index in [1.165, 1.54) is 5.56 Å². The number of likely N-dealkylation sites (tertiary alicyclic amines) is 1. The number of carboxylic acid groups (broad SMARTS) is 1. The minimum Gasteiger partial charge on any atom is -0.495 e. The fourth-order valence-corrected chi connectivity index (χ4v) is 3.30. The van der Waals surface area contributed by atoms with Crippen LogP contribution in [0.3, 0.4) is 0 Å². The van der Waals surface area contributed by atoms with Crippen LogP contribution in [0.15, 0.2) is 18.2 Å². The number of rotatable bonds is 2. The molecule has 0 aromatic heterocycles. The van der Waals surface area contributed by atoms with E-state index in [2.05, 4.69) is 20.8 Å². The standard InChI is InChI=1S/C17H26N2O3/c1-17(2,3)15-10-12(7-8-19(15)16(20)21)11-5-6-13(18)14(9-11)22-4/h5-6,9,12,15H,7-8,10,18H2,1-4H3,(H,20,21). The summed E-state index contributed by atoms with van der Waals surface area (Å²) in [6.07, 6.45) is 0.822. The van der Waals surface area contributed by atoms with Crippen LogP contribution in [-0.2, 0) is 0 Å². The van der Waals surface area contributed by atoms with Crippen LogP contribution < -0.4 is 10.5 Å². The van der Waals surface area contributed by atoms with Crippen molar-refractivity contribution >= 4 is 11.8 Å². The molecule has 3 N–H and O–H groups in total. The summed E-state index contributed by atoms with van der Waals surface area (Å²) in [5.74, 6) is 1.01. The SMILES string of the molecule is COc1cc(C2CCN(C(=O)O)C(C(C)(C)C)C2)ccc1N. The molecule has 5 heteroatoms. The second-order valence-corrected chi connectivity index (χ2v) is 7.08. The number of nitrogens with zero attached hydrogens (tertiary/aromatic N) is 1. The highest BCUT2D eigenvalue weighted by molar-refractivity contribution is 5.66. The number of piperidine rings is 1. The van der Waals surface area contributed by atoms with E-state index in [4.69, 9.17) is 10.5 Å². The quantitative estimate of drug-likeness (QED) is 0.819. The number of amides is 1. The third-order valence-electron chi connectivity index (χ3n) is 4.58. The van der Waals surface area contributed by atoms with Crippen LogP contribution in [0.2, 0.25) is 0 Å². The van der Waals surface area contributed by atoms with Crippen molar-refractivity contribution < 1.29 is 14.6 Å².